The number of carbonyl (C=O) groups is 1. The smallest absolute Gasteiger partial charge is 0.370 e. The van der Waals surface area contributed by atoms with E-state index in [1.165, 1.54) is 12.1 Å². The Morgan fingerprint density at radius 1 is 1.16 bits per heavy atom. The molecule has 2 N–H and O–H groups in total. The number of alkyl halides is 3. The van der Waals surface area contributed by atoms with Gasteiger partial charge in [0, 0.05) is 25.2 Å². The van der Waals surface area contributed by atoms with E-state index in [1.54, 1.807) is 0 Å². The van der Waals surface area contributed by atoms with E-state index in [9.17, 15) is 28.1 Å². The molecule has 0 unspecified atom stereocenters. The second-order valence-corrected chi connectivity index (χ2v) is 7.57. The maximum absolute atomic E-state index is 13.2. The first-order valence-electron chi connectivity index (χ1n) is 9.09. The number of nitro benzene ring substituents is 1. The van der Waals surface area contributed by atoms with Gasteiger partial charge in [-0.15, -0.1) is 0 Å². The fourth-order valence-corrected chi connectivity index (χ4v) is 3.64. The van der Waals surface area contributed by atoms with Crippen LogP contribution in [0.2, 0.25) is 5.02 Å². The van der Waals surface area contributed by atoms with Crippen LogP contribution in [0, 0.1) is 10.1 Å². The van der Waals surface area contributed by atoms with Crippen molar-refractivity contribution in [3.05, 3.63) is 62.7 Å². The van der Waals surface area contributed by atoms with Gasteiger partial charge in [0.25, 0.3) is 11.6 Å². The fourth-order valence-electron chi connectivity index (χ4n) is 3.17. The summed E-state index contributed by atoms with van der Waals surface area (Å²) in [4.78, 5) is 24.5. The lowest BCUT2D eigenvalue weighted by Crippen LogP contribution is -2.35. The summed E-state index contributed by atoms with van der Waals surface area (Å²) in [5.74, 6) is -0.757. The maximum atomic E-state index is 13.2. The number of non-ortho nitro benzene ring substituents is 1. The van der Waals surface area contributed by atoms with Crippen molar-refractivity contribution in [1.82, 2.24) is 5.32 Å². The lowest BCUT2D eigenvalue weighted by Gasteiger charge is -2.23. The molecule has 0 radical (unpaired) electrons. The van der Waals surface area contributed by atoms with Gasteiger partial charge in [0.2, 0.25) is 0 Å². The molecule has 1 aliphatic heterocycles. The monoisotopic (exact) mass is 472 g/mol. The van der Waals surface area contributed by atoms with Gasteiger partial charge in [-0.1, -0.05) is 11.6 Å². The van der Waals surface area contributed by atoms with Crippen LogP contribution in [0.25, 0.3) is 0 Å². The standard InChI is InChI=1S/C19H16ClF3N4O3S/c20-14-10-12(27(29)30)4-5-13(14)17(28)25-18(31)24-15-9-11(19(21,22)23)3-6-16(15)26-7-1-2-8-26/h3-6,9-10H,1-2,7-8H2,(H2,24,25,28,31). The second kappa shape index (κ2) is 9.06. The Morgan fingerprint density at radius 2 is 1.84 bits per heavy atom. The van der Waals surface area contributed by atoms with Crippen molar-refractivity contribution in [2.45, 2.75) is 19.0 Å². The molecular weight excluding hydrogens is 457 g/mol. The first-order chi connectivity index (χ1) is 14.6. The average molecular weight is 473 g/mol. The van der Waals surface area contributed by atoms with Gasteiger partial charge in [-0.25, -0.2) is 0 Å². The third kappa shape index (κ3) is 5.42. The Morgan fingerprint density at radius 3 is 2.42 bits per heavy atom. The molecule has 3 rings (SSSR count). The van der Waals surface area contributed by atoms with E-state index < -0.39 is 22.6 Å². The minimum absolute atomic E-state index is 0.0692. The summed E-state index contributed by atoms with van der Waals surface area (Å²) in [7, 11) is 0. The van der Waals surface area contributed by atoms with Gasteiger partial charge in [0.15, 0.2) is 5.11 Å². The zero-order valence-electron chi connectivity index (χ0n) is 15.8. The molecular formula is C19H16ClF3N4O3S. The van der Waals surface area contributed by atoms with Crippen molar-refractivity contribution < 1.29 is 22.9 Å². The zero-order chi connectivity index (χ0) is 22.8. The minimum atomic E-state index is -4.54. The molecule has 31 heavy (non-hydrogen) atoms. The molecule has 0 aromatic heterocycles. The normalized spacial score (nSPS) is 13.7. The van der Waals surface area contributed by atoms with E-state index in [-0.39, 0.29) is 27.1 Å². The number of benzene rings is 2. The number of thiocarbonyl (C=S) groups is 1. The Kier molecular flexibility index (Phi) is 6.65. The Balaban J connectivity index is 1.80. The quantitative estimate of drug-likeness (QED) is 0.370. The number of hydrogen-bond acceptors (Lipinski definition) is 5. The Hall–Kier alpha value is -2.92. The number of nitrogens with zero attached hydrogens (tertiary/aromatic N) is 2. The summed E-state index contributed by atoms with van der Waals surface area (Å²) in [6, 6.07) is 6.59. The van der Waals surface area contributed by atoms with E-state index in [0.29, 0.717) is 18.8 Å². The second-order valence-electron chi connectivity index (χ2n) is 6.75. The molecule has 7 nitrogen and oxygen atoms in total. The van der Waals surface area contributed by atoms with Gasteiger partial charge in [-0.05, 0) is 49.3 Å². The SMILES string of the molecule is O=C(NC(=S)Nc1cc(C(F)(F)F)ccc1N1CCCC1)c1ccc([N+](=O)[O-])cc1Cl. The minimum Gasteiger partial charge on any atom is -0.370 e. The van der Waals surface area contributed by atoms with Crippen LogP contribution >= 0.6 is 23.8 Å². The maximum Gasteiger partial charge on any atom is 0.416 e. The lowest BCUT2D eigenvalue weighted by molar-refractivity contribution is -0.384. The Bertz CT molecular complexity index is 1040. The van der Waals surface area contributed by atoms with Gasteiger partial charge in [0.05, 0.1) is 32.4 Å². The van der Waals surface area contributed by atoms with Gasteiger partial charge in [-0.2, -0.15) is 13.2 Å². The first kappa shape index (κ1) is 22.8. The van der Waals surface area contributed by atoms with Crippen LogP contribution in [0.5, 0.6) is 0 Å². The molecule has 1 saturated heterocycles. The van der Waals surface area contributed by atoms with Crippen molar-refractivity contribution in [3.8, 4) is 0 Å². The number of carbonyl (C=O) groups excluding carboxylic acids is 1. The molecule has 0 atom stereocenters. The first-order valence-corrected chi connectivity index (χ1v) is 9.87. The van der Waals surface area contributed by atoms with Crippen LogP contribution in [0.1, 0.15) is 28.8 Å². The van der Waals surface area contributed by atoms with Crippen LogP contribution in [0.4, 0.5) is 30.2 Å². The number of halogens is 4. The van der Waals surface area contributed by atoms with Gasteiger partial charge in [-0.3, -0.25) is 20.2 Å². The van der Waals surface area contributed by atoms with Crippen LogP contribution in [0.15, 0.2) is 36.4 Å². The summed E-state index contributed by atoms with van der Waals surface area (Å²) in [5.41, 5.74) is -0.570. The topological polar surface area (TPSA) is 87.5 Å². The van der Waals surface area contributed by atoms with Crippen molar-refractivity contribution in [2.24, 2.45) is 0 Å². The van der Waals surface area contributed by atoms with E-state index >= 15 is 0 Å². The van der Waals surface area contributed by atoms with Crippen molar-refractivity contribution in [1.29, 1.82) is 0 Å². The molecule has 2 aromatic carbocycles. The summed E-state index contributed by atoms with van der Waals surface area (Å²) >= 11 is 11.0. The number of anilines is 2. The van der Waals surface area contributed by atoms with Crippen molar-refractivity contribution in [3.63, 3.8) is 0 Å². The highest BCUT2D eigenvalue weighted by Gasteiger charge is 2.32. The van der Waals surface area contributed by atoms with Gasteiger partial charge in [0.1, 0.15) is 0 Å². The third-order valence-corrected chi connectivity index (χ3v) is 5.17. The van der Waals surface area contributed by atoms with Crippen LogP contribution in [-0.2, 0) is 6.18 Å². The fraction of sp³-hybridized carbons (Fsp3) is 0.263. The molecule has 2 aromatic rings. The van der Waals surface area contributed by atoms with E-state index in [2.05, 4.69) is 10.6 Å². The molecule has 0 aliphatic carbocycles. The average Bonchev–Trinajstić information content (AvgIpc) is 3.21. The van der Waals surface area contributed by atoms with E-state index in [0.717, 1.165) is 37.1 Å². The molecule has 12 heteroatoms. The van der Waals surface area contributed by atoms with Crippen molar-refractivity contribution in [2.75, 3.05) is 23.3 Å². The molecule has 1 aliphatic rings. The summed E-state index contributed by atoms with van der Waals surface area (Å²) in [6.45, 7) is 1.38. The highest BCUT2D eigenvalue weighted by atomic mass is 35.5. The van der Waals surface area contributed by atoms with Crippen LogP contribution in [-0.4, -0.2) is 29.0 Å². The highest BCUT2D eigenvalue weighted by Crippen LogP contribution is 2.36. The van der Waals surface area contributed by atoms with Crippen LogP contribution < -0.4 is 15.5 Å². The van der Waals surface area contributed by atoms with Crippen LogP contribution in [0.3, 0.4) is 0 Å². The summed E-state index contributed by atoms with van der Waals surface area (Å²) in [5, 5.41) is 15.4. The largest absolute Gasteiger partial charge is 0.416 e. The third-order valence-electron chi connectivity index (χ3n) is 4.65. The molecule has 1 heterocycles. The number of hydrogen-bond donors (Lipinski definition) is 2. The molecule has 0 bridgehead atoms. The Labute approximate surface area is 185 Å². The van der Waals surface area contributed by atoms with Gasteiger partial charge >= 0.3 is 6.18 Å². The van der Waals surface area contributed by atoms with E-state index in [4.69, 9.17) is 23.8 Å². The summed E-state index contributed by atoms with van der Waals surface area (Å²) in [6.07, 6.45) is -2.71. The van der Waals surface area contributed by atoms with E-state index in [1.807, 2.05) is 4.90 Å². The molecule has 164 valence electrons. The number of nitrogens with one attached hydrogen (secondary N) is 2. The predicted octanol–water partition coefficient (Wildman–Crippen LogP) is 4.99. The van der Waals surface area contributed by atoms with Crippen molar-refractivity contribution >= 4 is 51.9 Å². The predicted molar refractivity (Wildman–Crippen MR) is 115 cm³/mol. The highest BCUT2D eigenvalue weighted by molar-refractivity contribution is 7.80. The zero-order valence-corrected chi connectivity index (χ0v) is 17.4. The molecule has 1 fully saturated rings. The lowest BCUT2D eigenvalue weighted by atomic mass is 10.1. The number of amides is 1. The summed E-state index contributed by atoms with van der Waals surface area (Å²) < 4.78 is 39.5. The molecule has 1 amide bonds. The van der Waals surface area contributed by atoms with Gasteiger partial charge < -0.3 is 10.2 Å². The molecule has 0 spiro atoms. The molecule has 0 saturated carbocycles. The number of nitro groups is 1. The number of rotatable bonds is 4.